The SMILES string of the molecule is CCCSC1(SCCC)N=C(N)C2(C#N)C(c3cc(OC)c(OC)cc3OC)C12C#N. The van der Waals surface area contributed by atoms with Crippen molar-refractivity contribution in [1.82, 2.24) is 0 Å². The lowest BCUT2D eigenvalue weighted by Gasteiger charge is -2.32. The zero-order valence-electron chi connectivity index (χ0n) is 18.5. The Balaban J connectivity index is 2.25. The lowest BCUT2D eigenvalue weighted by Crippen LogP contribution is -2.32. The van der Waals surface area contributed by atoms with Gasteiger partial charge in [-0.25, -0.2) is 4.99 Å². The molecule has 31 heavy (non-hydrogen) atoms. The van der Waals surface area contributed by atoms with Crippen LogP contribution < -0.4 is 19.9 Å². The number of nitrogens with zero attached hydrogens (tertiary/aromatic N) is 3. The zero-order chi connectivity index (χ0) is 22.9. The second kappa shape index (κ2) is 8.72. The van der Waals surface area contributed by atoms with Gasteiger partial charge in [-0.15, -0.1) is 23.5 Å². The monoisotopic (exact) mass is 460 g/mol. The molecule has 166 valence electrons. The summed E-state index contributed by atoms with van der Waals surface area (Å²) < 4.78 is 15.7. The summed E-state index contributed by atoms with van der Waals surface area (Å²) >= 11 is 3.23. The lowest BCUT2D eigenvalue weighted by molar-refractivity contribution is 0.347. The molecule has 0 bridgehead atoms. The van der Waals surface area contributed by atoms with Crippen LogP contribution in [0, 0.1) is 33.5 Å². The molecule has 0 amide bonds. The predicted octanol–water partition coefficient (Wildman–Crippen LogP) is 4.14. The van der Waals surface area contributed by atoms with E-state index in [-0.39, 0.29) is 5.84 Å². The number of benzene rings is 1. The molecule has 7 nitrogen and oxygen atoms in total. The Bertz CT molecular complexity index is 963. The van der Waals surface area contributed by atoms with Crippen molar-refractivity contribution in [3.8, 4) is 29.4 Å². The Kier molecular flexibility index (Phi) is 6.59. The van der Waals surface area contributed by atoms with Crippen molar-refractivity contribution in [1.29, 1.82) is 10.5 Å². The predicted molar refractivity (Wildman–Crippen MR) is 125 cm³/mol. The molecule has 1 aliphatic heterocycles. The molecule has 3 unspecified atom stereocenters. The molecular weight excluding hydrogens is 432 g/mol. The van der Waals surface area contributed by atoms with Crippen molar-refractivity contribution >= 4 is 29.4 Å². The highest BCUT2D eigenvalue weighted by Gasteiger charge is 2.92. The summed E-state index contributed by atoms with van der Waals surface area (Å²) in [6, 6.07) is 8.45. The molecule has 2 aliphatic rings. The second-order valence-corrected chi connectivity index (χ2v) is 10.3. The van der Waals surface area contributed by atoms with Crippen LogP contribution in [0.4, 0.5) is 0 Å². The molecule has 1 heterocycles. The first kappa shape index (κ1) is 23.4. The van der Waals surface area contributed by atoms with Gasteiger partial charge in [-0.2, -0.15) is 10.5 Å². The Morgan fingerprint density at radius 3 is 1.97 bits per heavy atom. The van der Waals surface area contributed by atoms with Crippen LogP contribution in [0.2, 0.25) is 0 Å². The van der Waals surface area contributed by atoms with E-state index in [0.717, 1.165) is 24.3 Å². The maximum Gasteiger partial charge on any atom is 0.175 e. The second-order valence-electron chi connectivity index (χ2n) is 7.50. The summed E-state index contributed by atoms with van der Waals surface area (Å²) in [6.45, 7) is 4.18. The molecule has 1 aliphatic carbocycles. The van der Waals surface area contributed by atoms with Crippen LogP contribution in [0.15, 0.2) is 17.1 Å². The minimum absolute atomic E-state index is 0.227. The van der Waals surface area contributed by atoms with Gasteiger partial charge < -0.3 is 19.9 Å². The van der Waals surface area contributed by atoms with Crippen molar-refractivity contribution < 1.29 is 14.2 Å². The van der Waals surface area contributed by atoms with E-state index in [1.54, 1.807) is 57.0 Å². The maximum absolute atomic E-state index is 10.6. The van der Waals surface area contributed by atoms with Crippen molar-refractivity contribution in [2.75, 3.05) is 32.8 Å². The fraction of sp³-hybridized carbons (Fsp3) is 0.591. The third kappa shape index (κ3) is 2.97. The summed E-state index contributed by atoms with van der Waals surface area (Å²) in [5, 5.41) is 20.9. The van der Waals surface area contributed by atoms with E-state index >= 15 is 0 Å². The number of amidine groups is 1. The molecule has 3 rings (SSSR count). The highest BCUT2D eigenvalue weighted by molar-refractivity contribution is 8.18. The average molecular weight is 461 g/mol. The molecule has 9 heteroatoms. The van der Waals surface area contributed by atoms with E-state index < -0.39 is 21.0 Å². The number of methoxy groups -OCH3 is 3. The number of nitriles is 2. The molecule has 1 fully saturated rings. The first-order valence-electron chi connectivity index (χ1n) is 10.2. The van der Waals surface area contributed by atoms with Crippen LogP contribution in [0.5, 0.6) is 17.2 Å². The summed E-state index contributed by atoms with van der Waals surface area (Å²) in [5.74, 6) is 2.92. The van der Waals surface area contributed by atoms with Gasteiger partial charge in [0.2, 0.25) is 0 Å². The largest absolute Gasteiger partial charge is 0.496 e. The lowest BCUT2D eigenvalue weighted by atomic mass is 9.97. The van der Waals surface area contributed by atoms with Crippen molar-refractivity contribution in [2.24, 2.45) is 21.6 Å². The van der Waals surface area contributed by atoms with Gasteiger partial charge >= 0.3 is 0 Å². The van der Waals surface area contributed by atoms with E-state index in [1.165, 1.54) is 0 Å². The topological polar surface area (TPSA) is 114 Å². The summed E-state index contributed by atoms with van der Waals surface area (Å²) in [7, 11) is 4.66. The highest BCUT2D eigenvalue weighted by Crippen LogP contribution is 2.86. The van der Waals surface area contributed by atoms with Gasteiger partial charge in [0.15, 0.2) is 15.7 Å². The van der Waals surface area contributed by atoms with Gasteiger partial charge in [0, 0.05) is 17.5 Å². The fourth-order valence-corrected chi connectivity index (χ4v) is 7.81. The molecule has 0 radical (unpaired) electrons. The van der Waals surface area contributed by atoms with Crippen LogP contribution >= 0.6 is 23.5 Å². The van der Waals surface area contributed by atoms with E-state index in [0.29, 0.717) is 22.8 Å². The highest BCUT2D eigenvalue weighted by atomic mass is 32.2. The van der Waals surface area contributed by atoms with E-state index in [1.807, 2.05) is 0 Å². The number of thioether (sulfide) groups is 2. The number of rotatable bonds is 10. The number of hydrogen-bond donors (Lipinski definition) is 1. The smallest absolute Gasteiger partial charge is 0.175 e. The van der Waals surface area contributed by atoms with Crippen molar-refractivity contribution in [3.05, 3.63) is 17.7 Å². The minimum Gasteiger partial charge on any atom is -0.496 e. The Morgan fingerprint density at radius 2 is 1.52 bits per heavy atom. The fourth-order valence-electron chi connectivity index (χ4n) is 4.58. The average Bonchev–Trinajstić information content (AvgIpc) is 3.37. The third-order valence-electron chi connectivity index (χ3n) is 5.98. The standard InChI is InChI=1S/C22H28N4O3S2/c1-6-8-30-22(31-9-7-2)21(13-24)18(20(21,12-23)19(25)26-22)14-10-16(28-4)17(29-5)11-15(14)27-3/h10-11,18H,6-9H2,1-5H3,(H2,25,26). The zero-order valence-corrected chi connectivity index (χ0v) is 20.2. The molecule has 0 aromatic heterocycles. The first-order chi connectivity index (χ1) is 14.9. The normalized spacial score (nSPS) is 27.5. The summed E-state index contributed by atoms with van der Waals surface area (Å²) in [6.07, 6.45) is 1.86. The van der Waals surface area contributed by atoms with E-state index in [2.05, 4.69) is 26.0 Å². The molecule has 1 saturated carbocycles. The Labute approximate surface area is 192 Å². The summed E-state index contributed by atoms with van der Waals surface area (Å²) in [5.41, 5.74) is 4.83. The third-order valence-corrected chi connectivity index (χ3v) is 9.52. The van der Waals surface area contributed by atoms with Gasteiger partial charge in [-0.1, -0.05) is 13.8 Å². The number of fused-ring (bicyclic) bond motifs is 1. The van der Waals surface area contributed by atoms with E-state index in [9.17, 15) is 10.5 Å². The molecule has 0 spiro atoms. The van der Waals surface area contributed by atoms with Crippen LogP contribution in [0.3, 0.4) is 0 Å². The number of nitrogens with two attached hydrogens (primary N) is 1. The van der Waals surface area contributed by atoms with Crippen molar-refractivity contribution in [2.45, 2.75) is 36.8 Å². The Morgan fingerprint density at radius 1 is 0.968 bits per heavy atom. The van der Waals surface area contributed by atoms with Gasteiger partial charge in [-0.3, -0.25) is 0 Å². The number of aliphatic imine (C=N–C) groups is 1. The Hall–Kier alpha value is -2.23. The van der Waals surface area contributed by atoms with Crippen LogP contribution in [-0.4, -0.2) is 42.9 Å². The molecule has 0 saturated heterocycles. The van der Waals surface area contributed by atoms with Crippen LogP contribution in [-0.2, 0) is 0 Å². The van der Waals surface area contributed by atoms with Crippen LogP contribution in [0.1, 0.15) is 38.2 Å². The molecule has 2 N–H and O–H groups in total. The van der Waals surface area contributed by atoms with Gasteiger partial charge in [-0.05, 0) is 30.4 Å². The maximum atomic E-state index is 10.6. The van der Waals surface area contributed by atoms with Crippen LogP contribution in [0.25, 0.3) is 0 Å². The number of hydrogen-bond acceptors (Lipinski definition) is 9. The molecule has 3 atom stereocenters. The quantitative estimate of drug-likeness (QED) is 0.518. The summed E-state index contributed by atoms with van der Waals surface area (Å²) in [4.78, 5) is 4.80. The number of ether oxygens (including phenoxy) is 3. The van der Waals surface area contributed by atoms with E-state index in [4.69, 9.17) is 24.9 Å². The first-order valence-corrected chi connectivity index (χ1v) is 12.2. The van der Waals surface area contributed by atoms with Gasteiger partial charge in [0.05, 0.1) is 33.5 Å². The van der Waals surface area contributed by atoms with Crippen molar-refractivity contribution in [3.63, 3.8) is 0 Å². The minimum atomic E-state index is -1.21. The molecule has 1 aromatic carbocycles. The van der Waals surface area contributed by atoms with Gasteiger partial charge in [0.1, 0.15) is 22.4 Å². The van der Waals surface area contributed by atoms with Gasteiger partial charge in [0.25, 0.3) is 0 Å². The molecule has 1 aromatic rings. The molecular formula is C22H28N4O3S2.